The Bertz CT molecular complexity index is 581. The van der Waals surface area contributed by atoms with Crippen LogP contribution < -0.4 is 11.1 Å². The Labute approximate surface area is 112 Å². The SMILES string of the molecule is Cc1c(NC(C)c2ccccn2)cccc1C(N)=O. The highest BCUT2D eigenvalue weighted by molar-refractivity contribution is 5.95. The van der Waals surface area contributed by atoms with Crippen LogP contribution >= 0.6 is 0 Å². The second-order valence-corrected chi connectivity index (χ2v) is 4.46. The summed E-state index contributed by atoms with van der Waals surface area (Å²) >= 11 is 0. The minimum atomic E-state index is -0.411. The molecular formula is C15H17N3O. The molecule has 19 heavy (non-hydrogen) atoms. The molecule has 0 aliphatic heterocycles. The van der Waals surface area contributed by atoms with Crippen LogP contribution in [0.15, 0.2) is 42.6 Å². The molecule has 1 heterocycles. The average Bonchev–Trinajstić information content (AvgIpc) is 2.41. The zero-order valence-corrected chi connectivity index (χ0v) is 11.1. The maximum absolute atomic E-state index is 11.3. The molecule has 1 atom stereocenters. The molecule has 0 aliphatic rings. The van der Waals surface area contributed by atoms with E-state index in [1.54, 1.807) is 12.3 Å². The van der Waals surface area contributed by atoms with Crippen molar-refractivity contribution in [3.63, 3.8) is 0 Å². The smallest absolute Gasteiger partial charge is 0.249 e. The lowest BCUT2D eigenvalue weighted by Gasteiger charge is -2.17. The Kier molecular flexibility index (Phi) is 3.80. The minimum absolute atomic E-state index is 0.0584. The van der Waals surface area contributed by atoms with E-state index >= 15 is 0 Å². The summed E-state index contributed by atoms with van der Waals surface area (Å²) in [6.07, 6.45) is 1.76. The molecule has 0 saturated heterocycles. The van der Waals surface area contributed by atoms with E-state index in [2.05, 4.69) is 10.3 Å². The maximum Gasteiger partial charge on any atom is 0.249 e. The molecule has 1 amide bonds. The molecule has 0 spiro atoms. The van der Waals surface area contributed by atoms with E-state index in [9.17, 15) is 4.79 Å². The number of aromatic nitrogens is 1. The highest BCUT2D eigenvalue weighted by Crippen LogP contribution is 2.23. The van der Waals surface area contributed by atoms with Gasteiger partial charge in [0.2, 0.25) is 5.91 Å². The monoisotopic (exact) mass is 255 g/mol. The summed E-state index contributed by atoms with van der Waals surface area (Å²) in [5.41, 5.74) is 8.59. The zero-order valence-electron chi connectivity index (χ0n) is 11.1. The van der Waals surface area contributed by atoms with E-state index in [0.29, 0.717) is 5.56 Å². The molecule has 0 aliphatic carbocycles. The van der Waals surface area contributed by atoms with E-state index in [1.807, 2.05) is 44.2 Å². The van der Waals surface area contributed by atoms with E-state index in [-0.39, 0.29) is 6.04 Å². The Morgan fingerprint density at radius 1 is 1.26 bits per heavy atom. The van der Waals surface area contributed by atoms with Gasteiger partial charge in [-0.25, -0.2) is 0 Å². The molecule has 0 saturated carbocycles. The van der Waals surface area contributed by atoms with Crippen molar-refractivity contribution in [2.45, 2.75) is 19.9 Å². The molecule has 1 aromatic carbocycles. The molecule has 2 rings (SSSR count). The lowest BCUT2D eigenvalue weighted by Crippen LogP contribution is -2.15. The van der Waals surface area contributed by atoms with Gasteiger partial charge in [-0.15, -0.1) is 0 Å². The maximum atomic E-state index is 11.3. The molecular weight excluding hydrogens is 238 g/mol. The Hall–Kier alpha value is -2.36. The zero-order chi connectivity index (χ0) is 13.8. The average molecular weight is 255 g/mol. The normalized spacial score (nSPS) is 11.9. The van der Waals surface area contributed by atoms with Crippen LogP contribution in [-0.4, -0.2) is 10.9 Å². The van der Waals surface area contributed by atoms with Gasteiger partial charge in [-0.2, -0.15) is 0 Å². The fourth-order valence-electron chi connectivity index (χ4n) is 2.00. The molecule has 1 unspecified atom stereocenters. The van der Waals surface area contributed by atoms with Gasteiger partial charge < -0.3 is 11.1 Å². The summed E-state index contributed by atoms with van der Waals surface area (Å²) in [7, 11) is 0. The Balaban J connectivity index is 2.25. The molecule has 2 aromatic rings. The number of nitrogens with zero attached hydrogens (tertiary/aromatic N) is 1. The first-order valence-corrected chi connectivity index (χ1v) is 6.16. The Morgan fingerprint density at radius 2 is 2.05 bits per heavy atom. The summed E-state index contributed by atoms with van der Waals surface area (Å²) < 4.78 is 0. The quantitative estimate of drug-likeness (QED) is 0.882. The first-order valence-electron chi connectivity index (χ1n) is 6.16. The van der Waals surface area contributed by atoms with E-state index < -0.39 is 5.91 Å². The van der Waals surface area contributed by atoms with Gasteiger partial charge in [0, 0.05) is 17.4 Å². The summed E-state index contributed by atoms with van der Waals surface area (Å²) in [5.74, 6) is -0.411. The lowest BCUT2D eigenvalue weighted by molar-refractivity contribution is 0.1000. The minimum Gasteiger partial charge on any atom is -0.377 e. The van der Waals surface area contributed by atoms with Crippen molar-refractivity contribution in [1.82, 2.24) is 4.98 Å². The molecule has 1 aromatic heterocycles. The van der Waals surface area contributed by atoms with Crippen LogP contribution in [0, 0.1) is 6.92 Å². The van der Waals surface area contributed by atoms with Crippen LogP contribution in [0.25, 0.3) is 0 Å². The predicted octanol–water partition coefficient (Wildman–Crippen LogP) is 2.66. The first kappa shape index (κ1) is 13.1. The number of hydrogen-bond donors (Lipinski definition) is 2. The highest BCUT2D eigenvalue weighted by atomic mass is 16.1. The van der Waals surface area contributed by atoms with Gasteiger partial charge >= 0.3 is 0 Å². The summed E-state index contributed by atoms with van der Waals surface area (Å²) in [4.78, 5) is 15.6. The number of amides is 1. The third kappa shape index (κ3) is 2.91. The van der Waals surface area contributed by atoms with Gasteiger partial charge in [0.25, 0.3) is 0 Å². The predicted molar refractivity (Wildman–Crippen MR) is 76.0 cm³/mol. The van der Waals surface area contributed by atoms with Crippen molar-refractivity contribution < 1.29 is 4.79 Å². The topological polar surface area (TPSA) is 68.0 Å². The number of nitrogens with two attached hydrogens (primary N) is 1. The number of carbonyl (C=O) groups is 1. The molecule has 0 fully saturated rings. The van der Waals surface area contributed by atoms with Gasteiger partial charge in [0.15, 0.2) is 0 Å². The number of pyridine rings is 1. The first-order chi connectivity index (χ1) is 9.09. The molecule has 3 N–H and O–H groups in total. The third-order valence-electron chi connectivity index (χ3n) is 3.10. The van der Waals surface area contributed by atoms with Crippen LogP contribution in [0.2, 0.25) is 0 Å². The van der Waals surface area contributed by atoms with Crippen LogP contribution in [-0.2, 0) is 0 Å². The lowest BCUT2D eigenvalue weighted by atomic mass is 10.1. The largest absolute Gasteiger partial charge is 0.377 e. The van der Waals surface area contributed by atoms with Crippen molar-refractivity contribution in [2.75, 3.05) is 5.32 Å². The van der Waals surface area contributed by atoms with E-state index in [1.165, 1.54) is 0 Å². The fourth-order valence-corrected chi connectivity index (χ4v) is 2.00. The summed E-state index contributed by atoms with van der Waals surface area (Å²) in [6, 6.07) is 11.3. The van der Waals surface area contributed by atoms with Crippen LogP contribution in [0.5, 0.6) is 0 Å². The van der Waals surface area contributed by atoms with Crippen LogP contribution in [0.1, 0.15) is 34.6 Å². The number of nitrogens with one attached hydrogen (secondary N) is 1. The number of benzene rings is 1. The van der Waals surface area contributed by atoms with Gasteiger partial charge in [-0.1, -0.05) is 12.1 Å². The second-order valence-electron chi connectivity index (χ2n) is 4.46. The van der Waals surface area contributed by atoms with Crippen molar-refractivity contribution in [3.05, 3.63) is 59.4 Å². The molecule has 0 bridgehead atoms. The van der Waals surface area contributed by atoms with Crippen molar-refractivity contribution >= 4 is 11.6 Å². The summed E-state index contributed by atoms with van der Waals surface area (Å²) in [5, 5.41) is 3.35. The van der Waals surface area contributed by atoms with E-state index in [0.717, 1.165) is 16.9 Å². The van der Waals surface area contributed by atoms with Crippen LogP contribution in [0.3, 0.4) is 0 Å². The fraction of sp³-hybridized carbons (Fsp3) is 0.200. The molecule has 4 nitrogen and oxygen atoms in total. The van der Waals surface area contributed by atoms with Gasteiger partial charge in [-0.3, -0.25) is 9.78 Å². The molecule has 0 radical (unpaired) electrons. The third-order valence-corrected chi connectivity index (χ3v) is 3.10. The number of primary amides is 1. The molecule has 4 heteroatoms. The number of anilines is 1. The standard InChI is InChI=1S/C15H17N3O/c1-10-12(15(16)19)6-5-8-13(10)18-11(2)14-7-3-4-9-17-14/h3-9,11,18H,1-2H3,(H2,16,19). The van der Waals surface area contributed by atoms with Gasteiger partial charge in [0.1, 0.15) is 0 Å². The second kappa shape index (κ2) is 5.52. The van der Waals surface area contributed by atoms with E-state index in [4.69, 9.17) is 5.73 Å². The number of carbonyl (C=O) groups excluding carboxylic acids is 1. The highest BCUT2D eigenvalue weighted by Gasteiger charge is 2.11. The van der Waals surface area contributed by atoms with Gasteiger partial charge in [0.05, 0.1) is 11.7 Å². The van der Waals surface area contributed by atoms with Crippen molar-refractivity contribution in [2.24, 2.45) is 5.73 Å². The number of hydrogen-bond acceptors (Lipinski definition) is 3. The summed E-state index contributed by atoms with van der Waals surface area (Å²) in [6.45, 7) is 3.91. The van der Waals surface area contributed by atoms with Crippen molar-refractivity contribution in [3.8, 4) is 0 Å². The molecule has 98 valence electrons. The van der Waals surface area contributed by atoms with Crippen LogP contribution in [0.4, 0.5) is 5.69 Å². The van der Waals surface area contributed by atoms with Crippen molar-refractivity contribution in [1.29, 1.82) is 0 Å². The number of rotatable bonds is 4. The van der Waals surface area contributed by atoms with Gasteiger partial charge in [-0.05, 0) is 43.7 Å². The Morgan fingerprint density at radius 3 is 2.68 bits per heavy atom.